The summed E-state index contributed by atoms with van der Waals surface area (Å²) in [5.74, 6) is 1.84. The highest BCUT2D eigenvalue weighted by Gasteiger charge is 2.32. The summed E-state index contributed by atoms with van der Waals surface area (Å²) in [6, 6.07) is 8.83. The van der Waals surface area contributed by atoms with Gasteiger partial charge in [0.2, 0.25) is 0 Å². The van der Waals surface area contributed by atoms with E-state index >= 15 is 0 Å². The first-order chi connectivity index (χ1) is 7.93. The molecule has 0 saturated heterocycles. The minimum absolute atomic E-state index is 0.519. The molecule has 0 amide bonds. The minimum atomic E-state index is 0.519. The van der Waals surface area contributed by atoms with E-state index in [4.69, 9.17) is 4.42 Å². The summed E-state index contributed by atoms with van der Waals surface area (Å²) in [7, 11) is 0. The molecule has 2 nitrogen and oxygen atoms in total. The number of furan rings is 1. The van der Waals surface area contributed by atoms with Crippen molar-refractivity contribution in [2.24, 2.45) is 5.92 Å². The molecule has 1 saturated carbocycles. The Bertz CT molecular complexity index is 417. The first-order valence-electron chi connectivity index (χ1n) is 5.72. The second-order valence-electron chi connectivity index (χ2n) is 4.29. The largest absolute Gasteiger partial charge is 0.468 e. The molecule has 2 aromatic heterocycles. The quantitative estimate of drug-likeness (QED) is 0.854. The van der Waals surface area contributed by atoms with Crippen molar-refractivity contribution in [1.82, 2.24) is 5.32 Å². The third-order valence-corrected chi connectivity index (χ3v) is 3.97. The van der Waals surface area contributed by atoms with Crippen molar-refractivity contribution in [3.8, 4) is 0 Å². The molecule has 2 heterocycles. The lowest BCUT2D eigenvalue weighted by Gasteiger charge is -2.15. The molecule has 0 spiro atoms. The molecule has 2 aromatic rings. The lowest BCUT2D eigenvalue weighted by molar-refractivity contribution is 0.429. The van der Waals surface area contributed by atoms with Crippen LogP contribution in [0, 0.1) is 5.92 Å². The minimum Gasteiger partial charge on any atom is -0.468 e. The summed E-state index contributed by atoms with van der Waals surface area (Å²) in [5.41, 5.74) is 0. The van der Waals surface area contributed by atoms with Gasteiger partial charge in [-0.2, -0.15) is 0 Å². The van der Waals surface area contributed by atoms with Gasteiger partial charge in [0, 0.05) is 10.9 Å². The Morgan fingerprint density at radius 2 is 2.31 bits per heavy atom. The Hall–Kier alpha value is -1.06. The van der Waals surface area contributed by atoms with Crippen LogP contribution in [0.2, 0.25) is 0 Å². The predicted molar refractivity (Wildman–Crippen MR) is 65.3 cm³/mol. The van der Waals surface area contributed by atoms with Gasteiger partial charge >= 0.3 is 0 Å². The van der Waals surface area contributed by atoms with Gasteiger partial charge < -0.3 is 9.73 Å². The maximum atomic E-state index is 5.34. The second-order valence-corrected chi connectivity index (χ2v) is 5.27. The maximum Gasteiger partial charge on any atom is 0.117 e. The van der Waals surface area contributed by atoms with Crippen LogP contribution in [0.25, 0.3) is 0 Å². The van der Waals surface area contributed by atoms with E-state index in [2.05, 4.69) is 22.8 Å². The topological polar surface area (TPSA) is 25.2 Å². The Balaban J connectivity index is 1.66. The van der Waals surface area contributed by atoms with Crippen LogP contribution < -0.4 is 5.32 Å². The molecular weight excluding hydrogens is 218 g/mol. The molecule has 1 fully saturated rings. The molecule has 16 heavy (non-hydrogen) atoms. The lowest BCUT2D eigenvalue weighted by atomic mass is 10.1. The van der Waals surface area contributed by atoms with Crippen molar-refractivity contribution in [1.29, 1.82) is 0 Å². The zero-order valence-corrected chi connectivity index (χ0v) is 9.87. The van der Waals surface area contributed by atoms with E-state index in [1.807, 2.05) is 23.5 Å². The predicted octanol–water partition coefficient (Wildman–Crippen LogP) is 3.58. The van der Waals surface area contributed by atoms with Crippen LogP contribution in [0.3, 0.4) is 0 Å². The summed E-state index contributed by atoms with van der Waals surface area (Å²) >= 11 is 1.84. The summed E-state index contributed by atoms with van der Waals surface area (Å²) in [4.78, 5) is 1.45. The van der Waals surface area contributed by atoms with Crippen LogP contribution in [-0.4, -0.2) is 0 Å². The summed E-state index contributed by atoms with van der Waals surface area (Å²) < 4.78 is 5.34. The van der Waals surface area contributed by atoms with E-state index in [-0.39, 0.29) is 0 Å². The van der Waals surface area contributed by atoms with E-state index < -0.39 is 0 Å². The Morgan fingerprint density at radius 3 is 2.94 bits per heavy atom. The second kappa shape index (κ2) is 4.44. The standard InChI is InChI=1S/C13H15NOS/c1-3-11(15-7-1)9-14-13(10-5-6-10)12-4-2-8-16-12/h1-4,7-8,10,13-14H,5-6,9H2. The van der Waals surface area contributed by atoms with Crippen molar-refractivity contribution in [3.05, 3.63) is 46.5 Å². The maximum absolute atomic E-state index is 5.34. The molecule has 0 bridgehead atoms. The highest BCUT2D eigenvalue weighted by atomic mass is 32.1. The van der Waals surface area contributed by atoms with E-state index in [1.54, 1.807) is 6.26 Å². The third kappa shape index (κ3) is 2.20. The van der Waals surface area contributed by atoms with E-state index in [0.717, 1.165) is 18.2 Å². The van der Waals surface area contributed by atoms with E-state index in [1.165, 1.54) is 17.7 Å². The van der Waals surface area contributed by atoms with Crippen LogP contribution in [0.4, 0.5) is 0 Å². The van der Waals surface area contributed by atoms with Gasteiger partial charge in [0.15, 0.2) is 0 Å². The van der Waals surface area contributed by atoms with Gasteiger partial charge in [0.1, 0.15) is 5.76 Å². The van der Waals surface area contributed by atoms with Gasteiger partial charge in [-0.1, -0.05) is 6.07 Å². The molecule has 1 N–H and O–H groups in total. The molecule has 0 radical (unpaired) electrons. The highest BCUT2D eigenvalue weighted by Crippen LogP contribution is 2.42. The Kier molecular flexibility index (Phi) is 2.80. The third-order valence-electron chi connectivity index (χ3n) is 3.02. The fourth-order valence-corrected chi connectivity index (χ4v) is 2.91. The molecule has 1 aliphatic carbocycles. The van der Waals surface area contributed by atoms with Crippen LogP contribution in [0.15, 0.2) is 40.3 Å². The lowest BCUT2D eigenvalue weighted by Crippen LogP contribution is -2.21. The molecule has 3 rings (SSSR count). The fourth-order valence-electron chi connectivity index (χ4n) is 2.02. The molecule has 3 heteroatoms. The van der Waals surface area contributed by atoms with Gasteiger partial charge in [0.05, 0.1) is 12.8 Å². The normalized spacial score (nSPS) is 17.5. The monoisotopic (exact) mass is 233 g/mol. The van der Waals surface area contributed by atoms with E-state index in [0.29, 0.717) is 6.04 Å². The number of rotatable bonds is 5. The molecule has 0 aliphatic heterocycles. The van der Waals surface area contributed by atoms with Gasteiger partial charge in [-0.3, -0.25) is 0 Å². The van der Waals surface area contributed by atoms with Crippen LogP contribution in [0.5, 0.6) is 0 Å². The van der Waals surface area contributed by atoms with Gasteiger partial charge in [0.25, 0.3) is 0 Å². The molecule has 1 unspecified atom stereocenters. The van der Waals surface area contributed by atoms with Crippen molar-refractivity contribution in [2.45, 2.75) is 25.4 Å². The number of nitrogens with one attached hydrogen (secondary N) is 1. The SMILES string of the molecule is c1coc(CNC(c2cccs2)C2CC2)c1. The molecule has 84 valence electrons. The highest BCUT2D eigenvalue weighted by molar-refractivity contribution is 7.10. The molecule has 1 atom stereocenters. The number of thiophene rings is 1. The Labute approximate surface area is 99.3 Å². The van der Waals surface area contributed by atoms with Crippen LogP contribution >= 0.6 is 11.3 Å². The molecule has 1 aliphatic rings. The molecular formula is C13H15NOS. The van der Waals surface area contributed by atoms with Gasteiger partial charge in [-0.25, -0.2) is 0 Å². The van der Waals surface area contributed by atoms with Gasteiger partial charge in [-0.05, 0) is 42.3 Å². The van der Waals surface area contributed by atoms with Crippen molar-refractivity contribution in [2.75, 3.05) is 0 Å². The smallest absolute Gasteiger partial charge is 0.117 e. The fraction of sp³-hybridized carbons (Fsp3) is 0.385. The van der Waals surface area contributed by atoms with E-state index in [9.17, 15) is 0 Å². The molecule has 0 aromatic carbocycles. The first kappa shape index (κ1) is 10.1. The zero-order chi connectivity index (χ0) is 10.8. The summed E-state index contributed by atoms with van der Waals surface area (Å²) in [5, 5.41) is 5.76. The van der Waals surface area contributed by atoms with Gasteiger partial charge in [-0.15, -0.1) is 11.3 Å². The van der Waals surface area contributed by atoms with Crippen LogP contribution in [0.1, 0.15) is 29.5 Å². The number of hydrogen-bond acceptors (Lipinski definition) is 3. The summed E-state index contributed by atoms with van der Waals surface area (Å²) in [6.45, 7) is 0.825. The zero-order valence-electron chi connectivity index (χ0n) is 9.06. The van der Waals surface area contributed by atoms with Crippen molar-refractivity contribution in [3.63, 3.8) is 0 Å². The number of hydrogen-bond donors (Lipinski definition) is 1. The van der Waals surface area contributed by atoms with Crippen molar-refractivity contribution >= 4 is 11.3 Å². The average Bonchev–Trinajstić information content (AvgIpc) is 2.83. The Morgan fingerprint density at radius 1 is 1.38 bits per heavy atom. The average molecular weight is 233 g/mol. The van der Waals surface area contributed by atoms with Crippen LogP contribution in [-0.2, 0) is 6.54 Å². The van der Waals surface area contributed by atoms with Crippen molar-refractivity contribution < 1.29 is 4.42 Å². The summed E-state index contributed by atoms with van der Waals surface area (Å²) in [6.07, 6.45) is 4.44. The first-order valence-corrected chi connectivity index (χ1v) is 6.60.